The van der Waals surface area contributed by atoms with Crippen LogP contribution in [0.1, 0.15) is 37.4 Å². The van der Waals surface area contributed by atoms with Crippen LogP contribution in [0.5, 0.6) is 5.75 Å². The van der Waals surface area contributed by atoms with Crippen molar-refractivity contribution in [1.82, 2.24) is 5.32 Å². The summed E-state index contributed by atoms with van der Waals surface area (Å²) < 4.78 is 24.8. The van der Waals surface area contributed by atoms with Crippen LogP contribution in [0.4, 0.5) is 4.39 Å². The molecule has 0 bridgehead atoms. The minimum atomic E-state index is -0.326. The van der Waals surface area contributed by atoms with Gasteiger partial charge in [0.1, 0.15) is 0 Å². The molecule has 2 fully saturated rings. The highest BCUT2D eigenvalue weighted by Gasteiger charge is 2.36. The predicted octanol–water partition coefficient (Wildman–Crippen LogP) is 3.06. The van der Waals surface area contributed by atoms with E-state index in [0.29, 0.717) is 5.41 Å². The van der Waals surface area contributed by atoms with Gasteiger partial charge in [-0.3, -0.25) is 0 Å². The van der Waals surface area contributed by atoms with Gasteiger partial charge in [0.05, 0.1) is 19.8 Å². The number of benzene rings is 1. The average molecular weight is 279 g/mol. The number of ether oxygens (including phenoxy) is 2. The summed E-state index contributed by atoms with van der Waals surface area (Å²) >= 11 is 0. The molecular weight excluding hydrogens is 257 g/mol. The fraction of sp³-hybridized carbons (Fsp3) is 0.625. The van der Waals surface area contributed by atoms with Crippen LogP contribution in [0.25, 0.3) is 0 Å². The Morgan fingerprint density at radius 1 is 1.35 bits per heavy atom. The van der Waals surface area contributed by atoms with E-state index in [9.17, 15) is 4.39 Å². The van der Waals surface area contributed by atoms with Gasteiger partial charge in [0.2, 0.25) is 0 Å². The third kappa shape index (κ3) is 2.67. The molecule has 1 aromatic rings. The molecule has 2 aliphatic rings. The summed E-state index contributed by atoms with van der Waals surface area (Å²) in [4.78, 5) is 0. The molecule has 1 heterocycles. The molecule has 1 aliphatic carbocycles. The molecule has 3 nitrogen and oxygen atoms in total. The average Bonchev–Trinajstić information content (AvgIpc) is 2.80. The van der Waals surface area contributed by atoms with Crippen molar-refractivity contribution in [3.8, 4) is 5.75 Å². The maximum absolute atomic E-state index is 13.8. The first kappa shape index (κ1) is 13.8. The van der Waals surface area contributed by atoms with Gasteiger partial charge in [-0.25, -0.2) is 4.39 Å². The predicted molar refractivity (Wildman–Crippen MR) is 75.4 cm³/mol. The van der Waals surface area contributed by atoms with Crippen molar-refractivity contribution in [3.05, 3.63) is 29.6 Å². The molecule has 1 saturated carbocycles. The van der Waals surface area contributed by atoms with Crippen molar-refractivity contribution in [2.75, 3.05) is 26.8 Å². The Bertz CT molecular complexity index is 472. The van der Waals surface area contributed by atoms with Crippen molar-refractivity contribution in [1.29, 1.82) is 0 Å². The number of rotatable bonds is 2. The van der Waals surface area contributed by atoms with E-state index in [0.717, 1.165) is 25.3 Å². The smallest absolute Gasteiger partial charge is 0.165 e. The highest BCUT2D eigenvalue weighted by molar-refractivity contribution is 5.30. The zero-order valence-electron chi connectivity index (χ0n) is 12.0. The zero-order valence-corrected chi connectivity index (χ0v) is 12.0. The van der Waals surface area contributed by atoms with E-state index in [-0.39, 0.29) is 17.7 Å². The number of methoxy groups -OCH3 is 1. The van der Waals surface area contributed by atoms with Crippen molar-refractivity contribution in [3.63, 3.8) is 0 Å². The third-order valence-corrected chi connectivity index (χ3v) is 4.63. The Labute approximate surface area is 119 Å². The van der Waals surface area contributed by atoms with Crippen LogP contribution >= 0.6 is 0 Å². The minimum Gasteiger partial charge on any atom is -0.494 e. The Morgan fingerprint density at radius 3 is 2.85 bits per heavy atom. The van der Waals surface area contributed by atoms with Gasteiger partial charge >= 0.3 is 0 Å². The van der Waals surface area contributed by atoms with Crippen LogP contribution in [0.2, 0.25) is 0 Å². The van der Waals surface area contributed by atoms with Crippen LogP contribution in [-0.4, -0.2) is 26.8 Å². The number of hydrogen-bond acceptors (Lipinski definition) is 3. The first-order valence-electron chi connectivity index (χ1n) is 7.38. The molecule has 1 aliphatic heterocycles. The second-order valence-corrected chi connectivity index (χ2v) is 6.03. The second-order valence-electron chi connectivity index (χ2n) is 6.03. The van der Waals surface area contributed by atoms with Gasteiger partial charge < -0.3 is 14.8 Å². The van der Waals surface area contributed by atoms with Crippen LogP contribution in [0.3, 0.4) is 0 Å². The Hall–Kier alpha value is -1.13. The lowest BCUT2D eigenvalue weighted by Crippen LogP contribution is -2.32. The highest BCUT2D eigenvalue weighted by Crippen LogP contribution is 2.40. The first-order valence-corrected chi connectivity index (χ1v) is 7.38. The van der Waals surface area contributed by atoms with E-state index in [2.05, 4.69) is 5.32 Å². The van der Waals surface area contributed by atoms with Crippen LogP contribution in [-0.2, 0) is 4.74 Å². The molecule has 0 amide bonds. The minimum absolute atomic E-state index is 0.0737. The van der Waals surface area contributed by atoms with Crippen molar-refractivity contribution >= 4 is 0 Å². The molecule has 3 rings (SSSR count). The molecule has 1 N–H and O–H groups in total. The molecule has 1 aromatic carbocycles. The van der Waals surface area contributed by atoms with E-state index in [4.69, 9.17) is 9.47 Å². The Morgan fingerprint density at radius 2 is 2.15 bits per heavy atom. The lowest BCUT2D eigenvalue weighted by atomic mass is 9.87. The Balaban J connectivity index is 1.73. The SMILES string of the molecule is COc1ccc(C2CNCC3(CCCC3)CO2)cc1F. The summed E-state index contributed by atoms with van der Waals surface area (Å²) in [5, 5.41) is 3.50. The molecule has 1 atom stereocenters. The van der Waals surface area contributed by atoms with Gasteiger partial charge in [0.15, 0.2) is 11.6 Å². The van der Waals surface area contributed by atoms with Crippen LogP contribution < -0.4 is 10.1 Å². The monoisotopic (exact) mass is 279 g/mol. The van der Waals surface area contributed by atoms with E-state index in [1.165, 1.54) is 38.9 Å². The van der Waals surface area contributed by atoms with Gasteiger partial charge in [-0.15, -0.1) is 0 Å². The number of nitrogens with one attached hydrogen (secondary N) is 1. The normalized spacial score (nSPS) is 25.6. The third-order valence-electron chi connectivity index (χ3n) is 4.63. The van der Waals surface area contributed by atoms with Gasteiger partial charge in [-0.05, 0) is 30.5 Å². The molecule has 1 saturated heterocycles. The second kappa shape index (κ2) is 5.70. The summed E-state index contributed by atoms with van der Waals surface area (Å²) in [6.45, 7) is 2.54. The molecule has 0 radical (unpaired) electrons. The van der Waals surface area contributed by atoms with E-state index in [1.54, 1.807) is 6.07 Å². The molecule has 1 unspecified atom stereocenters. The van der Waals surface area contributed by atoms with Gasteiger partial charge in [-0.1, -0.05) is 18.9 Å². The molecule has 110 valence electrons. The van der Waals surface area contributed by atoms with Gasteiger partial charge in [0.25, 0.3) is 0 Å². The fourth-order valence-electron chi connectivity index (χ4n) is 3.40. The largest absolute Gasteiger partial charge is 0.494 e. The topological polar surface area (TPSA) is 30.5 Å². The van der Waals surface area contributed by atoms with E-state index in [1.807, 2.05) is 6.07 Å². The first-order chi connectivity index (χ1) is 9.72. The highest BCUT2D eigenvalue weighted by atomic mass is 19.1. The van der Waals surface area contributed by atoms with E-state index >= 15 is 0 Å². The Kier molecular flexibility index (Phi) is 3.94. The van der Waals surface area contributed by atoms with Crippen molar-refractivity contribution < 1.29 is 13.9 Å². The maximum Gasteiger partial charge on any atom is 0.165 e. The van der Waals surface area contributed by atoms with E-state index < -0.39 is 0 Å². The van der Waals surface area contributed by atoms with Gasteiger partial charge in [0, 0.05) is 18.5 Å². The summed E-state index contributed by atoms with van der Waals surface area (Å²) in [5.41, 5.74) is 1.19. The fourth-order valence-corrected chi connectivity index (χ4v) is 3.40. The standard InChI is InChI=1S/C16H22FNO2/c1-19-14-5-4-12(8-13(14)17)15-9-18-10-16(11-20-15)6-2-3-7-16/h4-5,8,15,18H,2-3,6-7,9-11H2,1H3. The summed E-state index contributed by atoms with van der Waals surface area (Å²) in [6, 6.07) is 5.09. The molecule has 0 aromatic heterocycles. The summed E-state index contributed by atoms with van der Waals surface area (Å²) in [6.07, 6.45) is 5.00. The summed E-state index contributed by atoms with van der Waals surface area (Å²) in [7, 11) is 1.48. The number of hydrogen-bond donors (Lipinski definition) is 1. The zero-order chi connectivity index (χ0) is 14.0. The summed E-state index contributed by atoms with van der Waals surface area (Å²) in [5.74, 6) is -0.0454. The molecule has 20 heavy (non-hydrogen) atoms. The molecular formula is C16H22FNO2. The lowest BCUT2D eigenvalue weighted by Gasteiger charge is -2.26. The maximum atomic E-state index is 13.8. The van der Waals surface area contributed by atoms with Crippen molar-refractivity contribution in [2.45, 2.75) is 31.8 Å². The molecule has 4 heteroatoms. The van der Waals surface area contributed by atoms with Crippen molar-refractivity contribution in [2.24, 2.45) is 5.41 Å². The van der Waals surface area contributed by atoms with Crippen LogP contribution in [0, 0.1) is 11.2 Å². The van der Waals surface area contributed by atoms with Crippen LogP contribution in [0.15, 0.2) is 18.2 Å². The van der Waals surface area contributed by atoms with Gasteiger partial charge in [-0.2, -0.15) is 0 Å². The molecule has 1 spiro atoms. The quantitative estimate of drug-likeness (QED) is 0.902. The lowest BCUT2D eigenvalue weighted by molar-refractivity contribution is 0.0156. The number of halogens is 1.